The molecular formula is C14H12BN. The van der Waals surface area contributed by atoms with Gasteiger partial charge in [-0.3, -0.25) is 0 Å². The van der Waals surface area contributed by atoms with Gasteiger partial charge in [-0.25, -0.2) is 0 Å². The van der Waals surface area contributed by atoms with Crippen LogP contribution in [0.25, 0.3) is 21.8 Å². The average molecular weight is 205 g/mol. The normalized spacial score (nSPS) is 11.4. The van der Waals surface area contributed by atoms with E-state index in [1.54, 1.807) is 0 Å². The second kappa shape index (κ2) is 3.15. The van der Waals surface area contributed by atoms with Crippen molar-refractivity contribution in [2.24, 2.45) is 7.05 Å². The molecule has 0 saturated heterocycles. The van der Waals surface area contributed by atoms with Crippen molar-refractivity contribution in [2.75, 3.05) is 0 Å². The van der Waals surface area contributed by atoms with E-state index in [0.717, 1.165) is 5.46 Å². The van der Waals surface area contributed by atoms with Crippen molar-refractivity contribution in [3.8, 4) is 0 Å². The molecule has 0 aliphatic carbocycles. The molecule has 0 aliphatic rings. The van der Waals surface area contributed by atoms with Gasteiger partial charge < -0.3 is 4.57 Å². The molecule has 0 unspecified atom stereocenters. The van der Waals surface area contributed by atoms with Gasteiger partial charge in [0.25, 0.3) is 0 Å². The number of benzene rings is 2. The Kier molecular flexibility index (Phi) is 1.87. The summed E-state index contributed by atoms with van der Waals surface area (Å²) in [6, 6.07) is 12.6. The number of nitrogens with zero attached hydrogens (tertiary/aromatic N) is 1. The van der Waals surface area contributed by atoms with E-state index >= 15 is 0 Å². The van der Waals surface area contributed by atoms with Crippen LogP contribution in [0.5, 0.6) is 0 Å². The Morgan fingerprint density at radius 3 is 2.31 bits per heavy atom. The summed E-state index contributed by atoms with van der Waals surface area (Å²) < 4.78 is 2.21. The van der Waals surface area contributed by atoms with Crippen molar-refractivity contribution in [3.63, 3.8) is 0 Å². The van der Waals surface area contributed by atoms with E-state index in [9.17, 15) is 0 Å². The number of aryl methyl sites for hydroxylation is 2. The summed E-state index contributed by atoms with van der Waals surface area (Å²) in [5.41, 5.74) is 4.59. The van der Waals surface area contributed by atoms with Gasteiger partial charge in [0, 0.05) is 28.9 Å². The van der Waals surface area contributed by atoms with E-state index in [0.29, 0.717) is 0 Å². The van der Waals surface area contributed by atoms with Crippen LogP contribution < -0.4 is 5.46 Å². The zero-order valence-corrected chi connectivity index (χ0v) is 9.49. The van der Waals surface area contributed by atoms with Gasteiger partial charge >= 0.3 is 0 Å². The highest BCUT2D eigenvalue weighted by atomic mass is 14.9. The standard InChI is InChI=1S/C14H12BN/c1-9-3-5-13-11(7-9)12-8-10(15)4-6-14(12)16(13)2/h3-8H,1-2H3. The maximum absolute atomic E-state index is 5.85. The molecule has 2 radical (unpaired) electrons. The number of aromatic nitrogens is 1. The van der Waals surface area contributed by atoms with E-state index in [1.165, 1.54) is 27.4 Å². The number of hydrogen-bond donors (Lipinski definition) is 0. The van der Waals surface area contributed by atoms with Crippen molar-refractivity contribution < 1.29 is 0 Å². The maximum atomic E-state index is 5.85. The van der Waals surface area contributed by atoms with Crippen molar-refractivity contribution in [3.05, 3.63) is 42.0 Å². The summed E-state index contributed by atoms with van der Waals surface area (Å²) in [5.74, 6) is 0. The fourth-order valence-electron chi connectivity index (χ4n) is 2.35. The fraction of sp³-hybridized carbons (Fsp3) is 0.143. The molecule has 0 atom stereocenters. The van der Waals surface area contributed by atoms with Gasteiger partial charge in [-0.15, -0.1) is 0 Å². The maximum Gasteiger partial charge on any atom is 0.113 e. The molecule has 0 amide bonds. The zero-order valence-electron chi connectivity index (χ0n) is 9.49. The van der Waals surface area contributed by atoms with Crippen LogP contribution in [0.1, 0.15) is 5.56 Å². The van der Waals surface area contributed by atoms with Crippen LogP contribution in [0.2, 0.25) is 0 Å². The van der Waals surface area contributed by atoms with Gasteiger partial charge in [-0.2, -0.15) is 0 Å². The summed E-state index contributed by atoms with van der Waals surface area (Å²) >= 11 is 0. The molecule has 1 aromatic heterocycles. The molecule has 0 aliphatic heterocycles. The lowest BCUT2D eigenvalue weighted by Crippen LogP contribution is -1.99. The lowest BCUT2D eigenvalue weighted by molar-refractivity contribution is 1.01. The SMILES string of the molecule is [B]c1ccc2c(c1)c1cc(C)ccc1n2C. The molecule has 3 aromatic rings. The first-order chi connectivity index (χ1) is 7.66. The van der Waals surface area contributed by atoms with Gasteiger partial charge in [0.05, 0.1) is 0 Å². The molecule has 76 valence electrons. The lowest BCUT2D eigenvalue weighted by atomic mass is 9.94. The van der Waals surface area contributed by atoms with Gasteiger partial charge in [0.1, 0.15) is 7.85 Å². The average Bonchev–Trinajstić information content (AvgIpc) is 2.52. The molecule has 1 heterocycles. The zero-order chi connectivity index (χ0) is 11.3. The van der Waals surface area contributed by atoms with E-state index in [2.05, 4.69) is 48.9 Å². The van der Waals surface area contributed by atoms with Gasteiger partial charge in [-0.05, 0) is 25.1 Å². The Hall–Kier alpha value is -1.70. The van der Waals surface area contributed by atoms with E-state index in [1.807, 2.05) is 6.07 Å². The van der Waals surface area contributed by atoms with E-state index in [4.69, 9.17) is 7.85 Å². The Bertz CT molecular complexity index is 635. The monoisotopic (exact) mass is 205 g/mol. The summed E-state index contributed by atoms with van der Waals surface area (Å²) in [5, 5.41) is 2.52. The summed E-state index contributed by atoms with van der Waals surface area (Å²) in [6.07, 6.45) is 0. The summed E-state index contributed by atoms with van der Waals surface area (Å²) in [4.78, 5) is 0. The van der Waals surface area contributed by atoms with Crippen LogP contribution in [-0.2, 0) is 7.05 Å². The minimum Gasteiger partial charge on any atom is -0.344 e. The first kappa shape index (κ1) is 9.53. The number of hydrogen-bond acceptors (Lipinski definition) is 0. The van der Waals surface area contributed by atoms with Crippen LogP contribution >= 0.6 is 0 Å². The van der Waals surface area contributed by atoms with Gasteiger partial charge in [0.2, 0.25) is 0 Å². The van der Waals surface area contributed by atoms with E-state index in [-0.39, 0.29) is 0 Å². The third-order valence-corrected chi connectivity index (χ3v) is 3.19. The molecule has 0 saturated carbocycles. The van der Waals surface area contributed by atoms with Crippen LogP contribution in [0, 0.1) is 6.92 Å². The van der Waals surface area contributed by atoms with Crippen LogP contribution in [0.4, 0.5) is 0 Å². The quantitative estimate of drug-likeness (QED) is 0.496. The Balaban J connectivity index is 2.60. The second-order valence-corrected chi connectivity index (χ2v) is 4.36. The highest BCUT2D eigenvalue weighted by Crippen LogP contribution is 2.27. The first-order valence-corrected chi connectivity index (χ1v) is 5.41. The third-order valence-electron chi connectivity index (χ3n) is 3.19. The van der Waals surface area contributed by atoms with Crippen molar-refractivity contribution in [1.82, 2.24) is 4.57 Å². The molecule has 0 fully saturated rings. The smallest absolute Gasteiger partial charge is 0.113 e. The fourth-order valence-corrected chi connectivity index (χ4v) is 2.35. The Labute approximate surface area is 96.1 Å². The van der Waals surface area contributed by atoms with Gasteiger partial charge in [0.15, 0.2) is 0 Å². The summed E-state index contributed by atoms with van der Waals surface area (Å²) in [7, 11) is 7.95. The topological polar surface area (TPSA) is 4.93 Å². The predicted octanol–water partition coefficient (Wildman–Crippen LogP) is 2.43. The molecule has 3 rings (SSSR count). The third kappa shape index (κ3) is 1.19. The van der Waals surface area contributed by atoms with Gasteiger partial charge in [-0.1, -0.05) is 29.2 Å². The van der Waals surface area contributed by atoms with E-state index < -0.39 is 0 Å². The van der Waals surface area contributed by atoms with Crippen molar-refractivity contribution in [1.29, 1.82) is 0 Å². The molecular weight excluding hydrogens is 193 g/mol. The first-order valence-electron chi connectivity index (χ1n) is 5.41. The Morgan fingerprint density at radius 2 is 1.56 bits per heavy atom. The molecule has 0 bridgehead atoms. The number of rotatable bonds is 0. The Morgan fingerprint density at radius 1 is 0.938 bits per heavy atom. The van der Waals surface area contributed by atoms with Crippen LogP contribution in [0.3, 0.4) is 0 Å². The minimum atomic E-state index is 0.821. The largest absolute Gasteiger partial charge is 0.344 e. The molecule has 16 heavy (non-hydrogen) atoms. The minimum absolute atomic E-state index is 0.821. The van der Waals surface area contributed by atoms with Crippen LogP contribution in [-0.4, -0.2) is 12.4 Å². The highest BCUT2D eigenvalue weighted by molar-refractivity contribution is 6.33. The molecule has 2 heteroatoms. The van der Waals surface area contributed by atoms with Crippen molar-refractivity contribution in [2.45, 2.75) is 6.92 Å². The molecule has 1 nitrogen and oxygen atoms in total. The van der Waals surface area contributed by atoms with Crippen molar-refractivity contribution >= 4 is 35.1 Å². The molecule has 0 spiro atoms. The van der Waals surface area contributed by atoms with Crippen LogP contribution in [0.15, 0.2) is 36.4 Å². The number of fused-ring (bicyclic) bond motifs is 3. The predicted molar refractivity (Wildman–Crippen MR) is 70.6 cm³/mol. The second-order valence-electron chi connectivity index (χ2n) is 4.36. The highest BCUT2D eigenvalue weighted by Gasteiger charge is 2.07. The molecule has 2 aromatic carbocycles. The molecule has 0 N–H and O–H groups in total. The lowest BCUT2D eigenvalue weighted by Gasteiger charge is -1.97. The summed E-state index contributed by atoms with van der Waals surface area (Å²) in [6.45, 7) is 2.12.